The Labute approximate surface area is 185 Å². The molecule has 1 N–H and O–H groups in total. The first-order chi connectivity index (χ1) is 14.9. The number of ether oxygens (including phenoxy) is 1. The van der Waals surface area contributed by atoms with Crippen LogP contribution in [0.15, 0.2) is 53.4 Å². The van der Waals surface area contributed by atoms with Gasteiger partial charge in [-0.3, -0.25) is 9.59 Å². The molecule has 1 atom stereocenters. The van der Waals surface area contributed by atoms with E-state index in [1.807, 2.05) is 0 Å². The number of sulfonamides is 1. The maximum Gasteiger partial charge on any atom is 0.254 e. The van der Waals surface area contributed by atoms with Gasteiger partial charge in [-0.25, -0.2) is 8.42 Å². The molecule has 2 fully saturated rings. The van der Waals surface area contributed by atoms with Crippen LogP contribution < -0.4 is 5.32 Å². The Hall–Kier alpha value is -2.46. The third kappa shape index (κ3) is 4.31. The van der Waals surface area contributed by atoms with Gasteiger partial charge in [0, 0.05) is 42.3 Å². The molecule has 0 spiro atoms. The van der Waals surface area contributed by atoms with Gasteiger partial charge >= 0.3 is 0 Å². The van der Waals surface area contributed by atoms with Gasteiger partial charge < -0.3 is 15.0 Å². The minimum absolute atomic E-state index is 0.116. The van der Waals surface area contributed by atoms with Crippen LogP contribution in [0.25, 0.3) is 0 Å². The molecule has 1 unspecified atom stereocenters. The first-order valence-corrected chi connectivity index (χ1v) is 11.7. The van der Waals surface area contributed by atoms with E-state index >= 15 is 0 Å². The van der Waals surface area contributed by atoms with E-state index in [1.165, 1.54) is 33.5 Å². The van der Waals surface area contributed by atoms with Crippen molar-refractivity contribution >= 4 is 33.4 Å². The molecule has 0 aromatic heterocycles. The van der Waals surface area contributed by atoms with E-state index in [2.05, 4.69) is 5.32 Å². The molecule has 0 saturated carbocycles. The van der Waals surface area contributed by atoms with Gasteiger partial charge in [0.15, 0.2) is 0 Å². The van der Waals surface area contributed by atoms with E-state index in [9.17, 15) is 18.0 Å². The van der Waals surface area contributed by atoms with Crippen LogP contribution in [0, 0.1) is 0 Å². The highest BCUT2D eigenvalue weighted by Crippen LogP contribution is 2.30. The van der Waals surface area contributed by atoms with E-state index in [0.717, 1.165) is 0 Å². The van der Waals surface area contributed by atoms with Crippen molar-refractivity contribution in [1.82, 2.24) is 14.5 Å². The molecule has 2 amide bonds. The zero-order valence-electron chi connectivity index (χ0n) is 16.7. The van der Waals surface area contributed by atoms with Crippen LogP contribution in [-0.4, -0.2) is 68.8 Å². The normalized spacial score (nSPS) is 20.4. The van der Waals surface area contributed by atoms with Crippen LogP contribution in [0.2, 0.25) is 5.02 Å². The Kier molecular flexibility index (Phi) is 6.29. The molecule has 2 aromatic rings. The predicted molar refractivity (Wildman–Crippen MR) is 114 cm³/mol. The summed E-state index contributed by atoms with van der Waals surface area (Å²) in [6.45, 7) is 1.95. The van der Waals surface area contributed by atoms with Gasteiger partial charge in [0.2, 0.25) is 15.9 Å². The SMILES string of the molecule is O=C1NCCN(C(=O)c2ccc(S(=O)(=O)N3CCOCC3)cc2)C1c1ccccc1Cl. The first-order valence-electron chi connectivity index (χ1n) is 9.90. The fourth-order valence-corrected chi connectivity index (χ4v) is 5.41. The summed E-state index contributed by atoms with van der Waals surface area (Å²) in [6.07, 6.45) is 0. The molecule has 4 rings (SSSR count). The average molecular weight is 464 g/mol. The lowest BCUT2D eigenvalue weighted by Gasteiger charge is -2.35. The third-order valence-corrected chi connectivity index (χ3v) is 7.64. The maximum absolute atomic E-state index is 13.2. The summed E-state index contributed by atoms with van der Waals surface area (Å²) in [7, 11) is -3.65. The molecule has 8 nitrogen and oxygen atoms in total. The minimum atomic E-state index is -3.65. The predicted octanol–water partition coefficient (Wildman–Crippen LogP) is 1.67. The quantitative estimate of drug-likeness (QED) is 0.744. The fraction of sp³-hybridized carbons (Fsp3) is 0.333. The molecular formula is C21H22ClN3O5S. The Balaban J connectivity index is 1.59. The number of morpholine rings is 1. The smallest absolute Gasteiger partial charge is 0.254 e. The Morgan fingerprint density at radius 2 is 1.71 bits per heavy atom. The van der Waals surface area contributed by atoms with Gasteiger partial charge in [-0.1, -0.05) is 29.8 Å². The van der Waals surface area contributed by atoms with Crippen molar-refractivity contribution in [3.63, 3.8) is 0 Å². The summed E-state index contributed by atoms with van der Waals surface area (Å²) in [5.41, 5.74) is 0.842. The molecule has 164 valence electrons. The molecule has 0 radical (unpaired) electrons. The van der Waals surface area contributed by atoms with E-state index in [1.54, 1.807) is 24.3 Å². The molecule has 10 heteroatoms. The van der Waals surface area contributed by atoms with Crippen LogP contribution in [0.5, 0.6) is 0 Å². The average Bonchev–Trinajstić information content (AvgIpc) is 2.80. The number of carbonyl (C=O) groups is 2. The van der Waals surface area contributed by atoms with E-state index in [-0.39, 0.29) is 16.7 Å². The number of hydrogen-bond acceptors (Lipinski definition) is 5. The van der Waals surface area contributed by atoms with Crippen LogP contribution in [0.1, 0.15) is 22.0 Å². The van der Waals surface area contributed by atoms with Crippen molar-refractivity contribution in [2.75, 3.05) is 39.4 Å². The minimum Gasteiger partial charge on any atom is -0.379 e. The van der Waals surface area contributed by atoms with Crippen LogP contribution in [-0.2, 0) is 19.6 Å². The number of nitrogens with one attached hydrogen (secondary N) is 1. The molecule has 0 aliphatic carbocycles. The highest BCUT2D eigenvalue weighted by Gasteiger charge is 2.36. The molecule has 2 heterocycles. The molecule has 2 aliphatic rings. The lowest BCUT2D eigenvalue weighted by Crippen LogP contribution is -2.52. The Morgan fingerprint density at radius 1 is 1.03 bits per heavy atom. The summed E-state index contributed by atoms with van der Waals surface area (Å²) in [5.74, 6) is -0.672. The van der Waals surface area contributed by atoms with Crippen LogP contribution in [0.4, 0.5) is 0 Å². The van der Waals surface area contributed by atoms with Gasteiger partial charge in [0.05, 0.1) is 18.1 Å². The van der Waals surface area contributed by atoms with Crippen LogP contribution >= 0.6 is 11.6 Å². The summed E-state index contributed by atoms with van der Waals surface area (Å²) in [4.78, 5) is 27.4. The number of nitrogens with zero attached hydrogens (tertiary/aromatic N) is 2. The Morgan fingerprint density at radius 3 is 2.39 bits per heavy atom. The molecule has 2 aliphatic heterocycles. The Bertz CT molecular complexity index is 1080. The largest absolute Gasteiger partial charge is 0.379 e. The van der Waals surface area contributed by atoms with Gasteiger partial charge in [-0.15, -0.1) is 0 Å². The van der Waals surface area contributed by atoms with Crippen molar-refractivity contribution in [1.29, 1.82) is 0 Å². The lowest BCUT2D eigenvalue weighted by molar-refractivity contribution is -0.128. The van der Waals surface area contributed by atoms with Crippen LogP contribution in [0.3, 0.4) is 0 Å². The van der Waals surface area contributed by atoms with Crippen molar-refractivity contribution < 1.29 is 22.7 Å². The number of piperazine rings is 1. The van der Waals surface area contributed by atoms with Crippen molar-refractivity contribution in [2.24, 2.45) is 0 Å². The topological polar surface area (TPSA) is 96.0 Å². The highest BCUT2D eigenvalue weighted by atomic mass is 35.5. The molecule has 2 aromatic carbocycles. The van der Waals surface area contributed by atoms with Gasteiger partial charge in [0.25, 0.3) is 5.91 Å². The van der Waals surface area contributed by atoms with Gasteiger partial charge in [0.1, 0.15) is 6.04 Å². The molecule has 31 heavy (non-hydrogen) atoms. The first kappa shape index (κ1) is 21.8. The molecule has 2 saturated heterocycles. The number of hydrogen-bond donors (Lipinski definition) is 1. The second-order valence-corrected chi connectivity index (χ2v) is 9.60. The summed E-state index contributed by atoms with van der Waals surface area (Å²) in [6, 6.07) is 11.9. The summed E-state index contributed by atoms with van der Waals surface area (Å²) >= 11 is 6.29. The van der Waals surface area contributed by atoms with Crippen molar-refractivity contribution in [2.45, 2.75) is 10.9 Å². The summed E-state index contributed by atoms with van der Waals surface area (Å²) in [5, 5.41) is 3.17. The summed E-state index contributed by atoms with van der Waals surface area (Å²) < 4.78 is 32.2. The zero-order chi connectivity index (χ0) is 22.0. The molecular weight excluding hydrogens is 442 g/mol. The number of rotatable bonds is 4. The van der Waals surface area contributed by atoms with Crippen molar-refractivity contribution in [3.05, 3.63) is 64.7 Å². The molecule has 0 bridgehead atoms. The van der Waals surface area contributed by atoms with Gasteiger partial charge in [-0.05, 0) is 30.3 Å². The van der Waals surface area contributed by atoms with Gasteiger partial charge in [-0.2, -0.15) is 4.31 Å². The van der Waals surface area contributed by atoms with Crippen molar-refractivity contribution in [3.8, 4) is 0 Å². The van der Waals surface area contributed by atoms with E-state index < -0.39 is 16.1 Å². The third-order valence-electron chi connectivity index (χ3n) is 5.38. The monoisotopic (exact) mass is 463 g/mol. The number of amides is 2. The number of carbonyl (C=O) groups excluding carboxylic acids is 2. The second kappa shape index (κ2) is 8.96. The van der Waals surface area contributed by atoms with E-state index in [0.29, 0.717) is 55.5 Å². The highest BCUT2D eigenvalue weighted by molar-refractivity contribution is 7.89. The standard InChI is InChI=1S/C21H22ClN3O5S/c22-18-4-2-1-3-17(18)19-20(26)23-9-10-25(19)21(27)15-5-7-16(8-6-15)31(28,29)24-11-13-30-14-12-24/h1-8,19H,9-14H2,(H,23,26). The number of benzene rings is 2. The fourth-order valence-electron chi connectivity index (χ4n) is 3.76. The maximum atomic E-state index is 13.2. The number of halogens is 1. The van der Waals surface area contributed by atoms with E-state index in [4.69, 9.17) is 16.3 Å². The lowest BCUT2D eigenvalue weighted by atomic mass is 10.0. The second-order valence-electron chi connectivity index (χ2n) is 7.25. The zero-order valence-corrected chi connectivity index (χ0v) is 18.2.